The number of fused-ring (bicyclic) bond motifs is 1. The molecule has 0 aliphatic rings. The highest BCUT2D eigenvalue weighted by Crippen LogP contribution is 2.26. The van der Waals surface area contributed by atoms with Crippen LogP contribution in [-0.2, 0) is 13.0 Å². The molecule has 0 unspecified atom stereocenters. The smallest absolute Gasteiger partial charge is 0.262 e. The monoisotopic (exact) mass is 268 g/mol. The van der Waals surface area contributed by atoms with Crippen molar-refractivity contribution in [2.45, 2.75) is 40.2 Å². The molecular weight excluding hydrogens is 251 g/mol. The first kappa shape index (κ1) is 13.2. The fraction of sp³-hybridized carbons (Fsp3) is 0.538. The number of aryl methyl sites for hydroxylation is 3. The van der Waals surface area contributed by atoms with Crippen molar-refractivity contribution in [1.29, 1.82) is 0 Å². The van der Waals surface area contributed by atoms with Crippen LogP contribution in [0.15, 0.2) is 4.79 Å². The molecule has 0 saturated heterocycles. The lowest BCUT2D eigenvalue weighted by Gasteiger charge is -2.09. The fourth-order valence-electron chi connectivity index (χ4n) is 2.10. The quantitative estimate of drug-likeness (QED) is 0.854. The van der Waals surface area contributed by atoms with Crippen molar-refractivity contribution in [3.8, 4) is 0 Å². The van der Waals surface area contributed by atoms with E-state index in [2.05, 4.69) is 4.98 Å². The number of halogens is 1. The van der Waals surface area contributed by atoms with Gasteiger partial charge >= 0.3 is 0 Å². The average Bonchev–Trinajstić information content (AvgIpc) is 2.60. The third kappa shape index (κ3) is 2.07. The number of hydrogen-bond donors (Lipinski definition) is 0. The van der Waals surface area contributed by atoms with Gasteiger partial charge in [0, 0.05) is 11.3 Å². The number of thiophene rings is 1. The van der Waals surface area contributed by atoms with Gasteiger partial charge in [0.25, 0.3) is 5.56 Å². The van der Waals surface area contributed by atoms with Gasteiger partial charge in [0.2, 0.25) is 0 Å². The molecule has 0 N–H and O–H groups in total. The summed E-state index contributed by atoms with van der Waals surface area (Å²) in [5.41, 5.74) is 0.881. The maximum atomic E-state index is 12.6. The minimum absolute atomic E-state index is 0.0945. The summed E-state index contributed by atoms with van der Waals surface area (Å²) < 4.78 is 14.1. The molecule has 0 radical (unpaired) electrons. The SMILES string of the molecule is CCCc1nc2sc(C)c(C)c2c(=O)n1CCF. The van der Waals surface area contributed by atoms with Gasteiger partial charge in [-0.3, -0.25) is 9.36 Å². The predicted molar refractivity (Wildman–Crippen MR) is 73.3 cm³/mol. The Hall–Kier alpha value is -1.23. The Kier molecular flexibility index (Phi) is 3.80. The van der Waals surface area contributed by atoms with Gasteiger partial charge < -0.3 is 0 Å². The maximum Gasteiger partial charge on any atom is 0.262 e. The second-order valence-electron chi connectivity index (χ2n) is 4.39. The molecule has 0 amide bonds. The third-order valence-corrected chi connectivity index (χ3v) is 4.25. The molecule has 0 bridgehead atoms. The summed E-state index contributed by atoms with van der Waals surface area (Å²) in [7, 11) is 0. The first-order valence-corrected chi connectivity index (χ1v) is 6.97. The molecule has 0 aromatic carbocycles. The van der Waals surface area contributed by atoms with Crippen LogP contribution in [0.2, 0.25) is 0 Å². The van der Waals surface area contributed by atoms with E-state index in [-0.39, 0.29) is 12.1 Å². The molecule has 3 nitrogen and oxygen atoms in total. The van der Waals surface area contributed by atoms with Gasteiger partial charge in [0.05, 0.1) is 11.9 Å². The first-order chi connectivity index (χ1) is 8.60. The van der Waals surface area contributed by atoms with Crippen molar-refractivity contribution in [2.75, 3.05) is 6.67 Å². The number of aromatic nitrogens is 2. The van der Waals surface area contributed by atoms with Crippen molar-refractivity contribution >= 4 is 21.6 Å². The molecule has 5 heteroatoms. The second-order valence-corrected chi connectivity index (χ2v) is 5.59. The molecule has 2 rings (SSSR count). The normalized spacial score (nSPS) is 11.3. The molecule has 98 valence electrons. The zero-order valence-corrected chi connectivity index (χ0v) is 11.7. The number of rotatable bonds is 4. The summed E-state index contributed by atoms with van der Waals surface area (Å²) in [6, 6.07) is 0. The van der Waals surface area contributed by atoms with E-state index in [4.69, 9.17) is 0 Å². The summed E-state index contributed by atoms with van der Waals surface area (Å²) in [5.74, 6) is 0.703. The number of hydrogen-bond acceptors (Lipinski definition) is 3. The molecule has 0 aliphatic carbocycles. The zero-order chi connectivity index (χ0) is 13.3. The Balaban J connectivity index is 2.77. The van der Waals surface area contributed by atoms with Crippen LogP contribution in [-0.4, -0.2) is 16.2 Å². The molecule has 0 aliphatic heterocycles. The largest absolute Gasteiger partial charge is 0.293 e. The molecule has 18 heavy (non-hydrogen) atoms. The van der Waals surface area contributed by atoms with E-state index < -0.39 is 6.67 Å². The van der Waals surface area contributed by atoms with Crippen LogP contribution >= 0.6 is 11.3 Å². The maximum absolute atomic E-state index is 12.6. The van der Waals surface area contributed by atoms with Crippen molar-refractivity contribution in [2.24, 2.45) is 0 Å². The van der Waals surface area contributed by atoms with Crippen LogP contribution in [0, 0.1) is 13.8 Å². The molecule has 2 heterocycles. The van der Waals surface area contributed by atoms with E-state index in [1.54, 1.807) is 11.3 Å². The van der Waals surface area contributed by atoms with E-state index in [0.29, 0.717) is 17.6 Å². The van der Waals surface area contributed by atoms with E-state index >= 15 is 0 Å². The number of nitrogens with zero attached hydrogens (tertiary/aromatic N) is 2. The van der Waals surface area contributed by atoms with Crippen LogP contribution in [0.5, 0.6) is 0 Å². The second kappa shape index (κ2) is 5.18. The lowest BCUT2D eigenvalue weighted by atomic mass is 10.2. The van der Waals surface area contributed by atoms with Crippen LogP contribution in [0.3, 0.4) is 0 Å². The highest BCUT2D eigenvalue weighted by molar-refractivity contribution is 7.18. The Morgan fingerprint density at radius 3 is 2.72 bits per heavy atom. The van der Waals surface area contributed by atoms with E-state index in [1.807, 2.05) is 20.8 Å². The molecule has 2 aromatic rings. The minimum Gasteiger partial charge on any atom is -0.293 e. The zero-order valence-electron chi connectivity index (χ0n) is 10.9. The summed E-state index contributed by atoms with van der Waals surface area (Å²) in [6.45, 7) is 5.51. The van der Waals surface area contributed by atoms with Gasteiger partial charge in [-0.2, -0.15) is 0 Å². The Labute approximate surface area is 109 Å². The van der Waals surface area contributed by atoms with Gasteiger partial charge in [0.15, 0.2) is 0 Å². The van der Waals surface area contributed by atoms with Crippen molar-refractivity contribution in [1.82, 2.24) is 9.55 Å². The molecule has 0 saturated carbocycles. The van der Waals surface area contributed by atoms with Gasteiger partial charge in [-0.1, -0.05) is 6.92 Å². The highest BCUT2D eigenvalue weighted by Gasteiger charge is 2.15. The Morgan fingerprint density at radius 1 is 1.39 bits per heavy atom. The molecule has 0 atom stereocenters. The van der Waals surface area contributed by atoms with Crippen LogP contribution in [0.4, 0.5) is 4.39 Å². The summed E-state index contributed by atoms with van der Waals surface area (Å²) >= 11 is 1.54. The standard InChI is InChI=1S/C13H17FN2OS/c1-4-5-10-15-12-11(8(2)9(3)18-12)13(17)16(10)7-6-14/h4-7H2,1-3H3. The van der Waals surface area contributed by atoms with Crippen molar-refractivity contribution < 1.29 is 4.39 Å². The summed E-state index contributed by atoms with van der Waals surface area (Å²) in [4.78, 5) is 18.8. The third-order valence-electron chi connectivity index (χ3n) is 3.15. The van der Waals surface area contributed by atoms with Crippen LogP contribution < -0.4 is 5.56 Å². The van der Waals surface area contributed by atoms with Crippen LogP contribution in [0.1, 0.15) is 29.6 Å². The van der Waals surface area contributed by atoms with Gasteiger partial charge in [-0.05, 0) is 25.8 Å². The van der Waals surface area contributed by atoms with E-state index in [0.717, 1.165) is 21.7 Å². The topological polar surface area (TPSA) is 34.9 Å². The molecule has 0 spiro atoms. The number of alkyl halides is 1. The minimum atomic E-state index is -0.536. The van der Waals surface area contributed by atoms with E-state index in [1.165, 1.54) is 4.57 Å². The van der Waals surface area contributed by atoms with Crippen LogP contribution in [0.25, 0.3) is 10.2 Å². The fourth-order valence-corrected chi connectivity index (χ4v) is 3.14. The summed E-state index contributed by atoms with van der Waals surface area (Å²) in [5, 5.41) is 0.658. The van der Waals surface area contributed by atoms with Crippen molar-refractivity contribution in [3.63, 3.8) is 0 Å². The Morgan fingerprint density at radius 2 is 2.11 bits per heavy atom. The first-order valence-electron chi connectivity index (χ1n) is 6.15. The Bertz CT molecular complexity index is 630. The highest BCUT2D eigenvalue weighted by atomic mass is 32.1. The molecular formula is C13H17FN2OS. The predicted octanol–water partition coefficient (Wildman–Crippen LogP) is 3.00. The average molecular weight is 268 g/mol. The lowest BCUT2D eigenvalue weighted by Crippen LogP contribution is -2.26. The molecule has 2 aromatic heterocycles. The van der Waals surface area contributed by atoms with Crippen molar-refractivity contribution in [3.05, 3.63) is 26.6 Å². The van der Waals surface area contributed by atoms with Gasteiger partial charge in [0.1, 0.15) is 17.3 Å². The molecule has 0 fully saturated rings. The van der Waals surface area contributed by atoms with Gasteiger partial charge in [-0.25, -0.2) is 9.37 Å². The summed E-state index contributed by atoms with van der Waals surface area (Å²) in [6.07, 6.45) is 1.61. The lowest BCUT2D eigenvalue weighted by molar-refractivity contribution is 0.431. The van der Waals surface area contributed by atoms with Gasteiger partial charge in [-0.15, -0.1) is 11.3 Å². The van der Waals surface area contributed by atoms with E-state index in [9.17, 15) is 9.18 Å².